The van der Waals surface area contributed by atoms with Gasteiger partial charge in [0.1, 0.15) is 6.04 Å². The molecule has 116 valence electrons. The molecule has 1 rings (SSSR count). The zero-order valence-electron chi connectivity index (χ0n) is 11.1. The monoisotopic (exact) mass is 320 g/mol. The Morgan fingerprint density at radius 1 is 1.43 bits per heavy atom. The van der Waals surface area contributed by atoms with Gasteiger partial charge in [0.05, 0.1) is 9.82 Å². The number of benzene rings is 1. The Morgan fingerprint density at radius 2 is 2.00 bits per heavy atom. The molecule has 0 aliphatic heterocycles. The van der Waals surface area contributed by atoms with Gasteiger partial charge in [0.25, 0.3) is 0 Å². The zero-order chi connectivity index (χ0) is 16.4. The number of carboxylic acid groups (broad SMARTS) is 1. The van der Waals surface area contributed by atoms with Crippen LogP contribution in [0.25, 0.3) is 0 Å². The summed E-state index contributed by atoms with van der Waals surface area (Å²) in [5.74, 6) is -3.12. The lowest BCUT2D eigenvalue weighted by Gasteiger charge is -2.17. The first kappa shape index (κ1) is 17.0. The van der Waals surface area contributed by atoms with Crippen LogP contribution in [0.2, 0.25) is 0 Å². The minimum Gasteiger partial charge on any atom is -0.480 e. The SMILES string of the molecule is CC(C)[C@H](NS(=O)(=O)c1ccc(F)c([N+](=O)[O-])c1)C(=O)O. The van der Waals surface area contributed by atoms with Gasteiger partial charge in [-0.05, 0) is 18.1 Å². The molecule has 0 bridgehead atoms. The molecule has 0 aliphatic carbocycles. The third-order valence-electron chi connectivity index (χ3n) is 2.64. The summed E-state index contributed by atoms with van der Waals surface area (Å²) >= 11 is 0. The van der Waals surface area contributed by atoms with Crippen molar-refractivity contribution in [2.45, 2.75) is 24.8 Å². The fourth-order valence-electron chi connectivity index (χ4n) is 1.51. The lowest BCUT2D eigenvalue weighted by Crippen LogP contribution is -2.44. The number of nitro benzene ring substituents is 1. The largest absolute Gasteiger partial charge is 0.480 e. The van der Waals surface area contributed by atoms with Crippen LogP contribution in [0, 0.1) is 21.8 Å². The molecule has 0 unspecified atom stereocenters. The maximum absolute atomic E-state index is 13.2. The van der Waals surface area contributed by atoms with Gasteiger partial charge in [0.15, 0.2) is 0 Å². The summed E-state index contributed by atoms with van der Waals surface area (Å²) in [6.07, 6.45) is 0. The number of aliphatic carboxylic acids is 1. The molecule has 0 heterocycles. The van der Waals surface area contributed by atoms with Gasteiger partial charge in [0, 0.05) is 6.07 Å². The number of nitrogens with one attached hydrogen (secondary N) is 1. The second-order valence-corrected chi connectivity index (χ2v) is 6.27. The van der Waals surface area contributed by atoms with E-state index in [0.717, 1.165) is 6.07 Å². The highest BCUT2D eigenvalue weighted by Gasteiger charge is 2.29. The van der Waals surface area contributed by atoms with Gasteiger partial charge < -0.3 is 5.11 Å². The lowest BCUT2D eigenvalue weighted by molar-refractivity contribution is -0.387. The first-order chi connectivity index (χ1) is 9.56. The minimum absolute atomic E-state index is 0.539. The van der Waals surface area contributed by atoms with E-state index in [9.17, 15) is 27.7 Å². The average molecular weight is 320 g/mol. The number of rotatable bonds is 6. The van der Waals surface area contributed by atoms with E-state index in [1.165, 1.54) is 13.8 Å². The van der Waals surface area contributed by atoms with E-state index >= 15 is 0 Å². The minimum atomic E-state index is -4.32. The molecule has 0 spiro atoms. The molecule has 0 saturated heterocycles. The van der Waals surface area contributed by atoms with Crippen molar-refractivity contribution in [3.05, 3.63) is 34.1 Å². The number of halogens is 1. The Hall–Kier alpha value is -2.07. The highest BCUT2D eigenvalue weighted by Crippen LogP contribution is 2.22. The summed E-state index contributed by atoms with van der Waals surface area (Å²) in [6, 6.07) is 0.595. The number of sulfonamides is 1. The van der Waals surface area contributed by atoms with Crippen LogP contribution in [0.1, 0.15) is 13.8 Å². The molecular weight excluding hydrogens is 307 g/mol. The van der Waals surface area contributed by atoms with Crippen LogP contribution >= 0.6 is 0 Å². The topological polar surface area (TPSA) is 127 Å². The van der Waals surface area contributed by atoms with E-state index < -0.39 is 49.3 Å². The number of nitro groups is 1. The van der Waals surface area contributed by atoms with Crippen molar-refractivity contribution in [2.24, 2.45) is 5.92 Å². The summed E-state index contributed by atoms with van der Waals surface area (Å²) in [5, 5.41) is 19.5. The van der Waals surface area contributed by atoms with Gasteiger partial charge in [-0.25, -0.2) is 8.42 Å². The molecule has 0 saturated carbocycles. The van der Waals surface area contributed by atoms with E-state index in [1.54, 1.807) is 0 Å². The molecule has 0 amide bonds. The smallest absolute Gasteiger partial charge is 0.322 e. The molecule has 21 heavy (non-hydrogen) atoms. The summed E-state index contributed by atoms with van der Waals surface area (Å²) in [5.41, 5.74) is -1.01. The third-order valence-corrected chi connectivity index (χ3v) is 4.08. The van der Waals surface area contributed by atoms with Crippen LogP contribution in [-0.2, 0) is 14.8 Å². The van der Waals surface area contributed by atoms with Gasteiger partial charge in [-0.3, -0.25) is 14.9 Å². The van der Waals surface area contributed by atoms with Crippen LogP contribution < -0.4 is 4.72 Å². The van der Waals surface area contributed by atoms with Crippen molar-refractivity contribution >= 4 is 21.7 Å². The van der Waals surface area contributed by atoms with Gasteiger partial charge in [-0.15, -0.1) is 0 Å². The molecular formula is C11H13FN2O6S. The molecule has 2 N–H and O–H groups in total. The Morgan fingerprint density at radius 3 is 2.43 bits per heavy atom. The van der Waals surface area contributed by atoms with E-state index in [2.05, 4.69) is 0 Å². The fourth-order valence-corrected chi connectivity index (χ4v) is 2.86. The van der Waals surface area contributed by atoms with Crippen LogP contribution in [0.3, 0.4) is 0 Å². The molecule has 0 aromatic heterocycles. The summed E-state index contributed by atoms with van der Waals surface area (Å²) in [4.78, 5) is 19.9. The quantitative estimate of drug-likeness (QED) is 0.597. The van der Waals surface area contributed by atoms with Crippen molar-refractivity contribution < 1.29 is 27.6 Å². The first-order valence-electron chi connectivity index (χ1n) is 5.75. The standard InChI is InChI=1S/C11H13FN2O6S/c1-6(2)10(11(15)16)13-21(19,20)7-3-4-8(12)9(5-7)14(17)18/h3-6,10,13H,1-2H3,(H,15,16)/t10-/m0/s1. The number of carbonyl (C=O) groups is 1. The molecule has 8 nitrogen and oxygen atoms in total. The highest BCUT2D eigenvalue weighted by atomic mass is 32.2. The predicted molar refractivity (Wildman–Crippen MR) is 69.6 cm³/mol. The molecule has 10 heteroatoms. The zero-order valence-corrected chi connectivity index (χ0v) is 11.9. The highest BCUT2D eigenvalue weighted by molar-refractivity contribution is 7.89. The Labute approximate surface area is 119 Å². The molecule has 1 atom stereocenters. The van der Waals surface area contributed by atoms with Gasteiger partial charge in [0.2, 0.25) is 15.8 Å². The second-order valence-electron chi connectivity index (χ2n) is 4.55. The Balaban J connectivity index is 3.22. The third kappa shape index (κ3) is 3.95. The van der Waals surface area contributed by atoms with Gasteiger partial charge >= 0.3 is 11.7 Å². The number of nitrogens with zero attached hydrogens (tertiary/aromatic N) is 1. The Kier molecular flexibility index (Phi) is 4.97. The Bertz CT molecular complexity index is 673. The number of hydrogen-bond acceptors (Lipinski definition) is 5. The summed E-state index contributed by atoms with van der Waals surface area (Å²) < 4.78 is 39.1. The summed E-state index contributed by atoms with van der Waals surface area (Å²) in [7, 11) is -4.32. The molecule has 1 aromatic rings. The lowest BCUT2D eigenvalue weighted by atomic mass is 10.1. The van der Waals surface area contributed by atoms with Gasteiger partial charge in [-0.1, -0.05) is 13.8 Å². The van der Waals surface area contributed by atoms with Crippen LogP contribution in [0.4, 0.5) is 10.1 Å². The van der Waals surface area contributed by atoms with Crippen molar-refractivity contribution in [1.29, 1.82) is 0 Å². The van der Waals surface area contributed by atoms with E-state index in [-0.39, 0.29) is 0 Å². The molecule has 0 aliphatic rings. The van der Waals surface area contributed by atoms with Gasteiger partial charge in [-0.2, -0.15) is 9.11 Å². The first-order valence-corrected chi connectivity index (χ1v) is 7.23. The maximum Gasteiger partial charge on any atom is 0.322 e. The van der Waals surface area contributed by atoms with E-state index in [1.807, 2.05) is 4.72 Å². The van der Waals surface area contributed by atoms with E-state index in [0.29, 0.717) is 12.1 Å². The second kappa shape index (κ2) is 6.14. The van der Waals surface area contributed by atoms with Crippen LogP contribution in [0.15, 0.2) is 23.1 Å². The number of hydrogen-bond donors (Lipinski definition) is 2. The predicted octanol–water partition coefficient (Wildman–Crippen LogP) is 1.12. The summed E-state index contributed by atoms with van der Waals surface area (Å²) in [6.45, 7) is 2.99. The van der Waals surface area contributed by atoms with E-state index in [4.69, 9.17) is 5.11 Å². The number of carboxylic acids is 1. The molecule has 0 fully saturated rings. The maximum atomic E-state index is 13.2. The van der Waals surface area contributed by atoms with Crippen molar-refractivity contribution in [3.63, 3.8) is 0 Å². The van der Waals surface area contributed by atoms with Crippen molar-refractivity contribution in [2.75, 3.05) is 0 Å². The van der Waals surface area contributed by atoms with Crippen LogP contribution in [-0.4, -0.2) is 30.5 Å². The normalized spacial score (nSPS) is 13.1. The average Bonchev–Trinajstić information content (AvgIpc) is 2.35. The molecule has 1 aromatic carbocycles. The van der Waals surface area contributed by atoms with Crippen molar-refractivity contribution in [1.82, 2.24) is 4.72 Å². The fraction of sp³-hybridized carbons (Fsp3) is 0.364. The van der Waals surface area contributed by atoms with Crippen LogP contribution in [0.5, 0.6) is 0 Å². The molecule has 0 radical (unpaired) electrons. The van der Waals surface area contributed by atoms with Crippen molar-refractivity contribution in [3.8, 4) is 0 Å².